The predicted molar refractivity (Wildman–Crippen MR) is 78.6 cm³/mol. The molecule has 21 heavy (non-hydrogen) atoms. The van der Waals surface area contributed by atoms with Crippen LogP contribution in [0.2, 0.25) is 0 Å². The first-order chi connectivity index (χ1) is 10.2. The number of hydrogen-bond acceptors (Lipinski definition) is 5. The Labute approximate surface area is 123 Å². The molecule has 0 saturated heterocycles. The first-order valence-corrected chi connectivity index (χ1v) is 6.72. The lowest BCUT2D eigenvalue weighted by atomic mass is 10.2. The summed E-state index contributed by atoms with van der Waals surface area (Å²) in [7, 11) is 1.53. The van der Waals surface area contributed by atoms with Crippen LogP contribution in [0.1, 0.15) is 18.9 Å². The summed E-state index contributed by atoms with van der Waals surface area (Å²) in [4.78, 5) is 8.21. The van der Waals surface area contributed by atoms with E-state index in [0.29, 0.717) is 22.9 Å². The molecule has 2 rings (SSSR count). The Morgan fingerprint density at radius 1 is 1.29 bits per heavy atom. The minimum atomic E-state index is -0.276. The van der Waals surface area contributed by atoms with Crippen molar-refractivity contribution in [3.8, 4) is 17.4 Å². The van der Waals surface area contributed by atoms with Gasteiger partial charge in [0, 0.05) is 6.54 Å². The molecule has 0 spiro atoms. The van der Waals surface area contributed by atoms with E-state index < -0.39 is 0 Å². The highest BCUT2D eigenvalue weighted by Gasteiger charge is 2.14. The SMILES string of the molecule is CCCNc1ncnc(Oc2ccc(F)c(C)c2)c1OC. The third kappa shape index (κ3) is 3.59. The molecule has 6 heteroatoms. The Kier molecular flexibility index (Phi) is 4.92. The summed E-state index contributed by atoms with van der Waals surface area (Å²) >= 11 is 0. The van der Waals surface area contributed by atoms with Gasteiger partial charge in [0.05, 0.1) is 7.11 Å². The number of benzene rings is 1. The van der Waals surface area contributed by atoms with Gasteiger partial charge in [-0.3, -0.25) is 0 Å². The van der Waals surface area contributed by atoms with E-state index in [0.717, 1.165) is 13.0 Å². The average Bonchev–Trinajstić information content (AvgIpc) is 2.49. The van der Waals surface area contributed by atoms with Crippen LogP contribution in [0, 0.1) is 12.7 Å². The molecule has 5 nitrogen and oxygen atoms in total. The zero-order chi connectivity index (χ0) is 15.2. The van der Waals surface area contributed by atoms with E-state index >= 15 is 0 Å². The Morgan fingerprint density at radius 2 is 2.10 bits per heavy atom. The van der Waals surface area contributed by atoms with Crippen LogP contribution in [0.5, 0.6) is 17.4 Å². The quantitative estimate of drug-likeness (QED) is 0.882. The fraction of sp³-hybridized carbons (Fsp3) is 0.333. The van der Waals surface area contributed by atoms with E-state index in [9.17, 15) is 4.39 Å². The summed E-state index contributed by atoms with van der Waals surface area (Å²) < 4.78 is 24.3. The number of nitrogens with zero attached hydrogens (tertiary/aromatic N) is 2. The van der Waals surface area contributed by atoms with Gasteiger partial charge in [0.1, 0.15) is 17.9 Å². The van der Waals surface area contributed by atoms with Gasteiger partial charge >= 0.3 is 0 Å². The zero-order valence-electron chi connectivity index (χ0n) is 12.3. The number of aromatic nitrogens is 2. The maximum atomic E-state index is 13.3. The monoisotopic (exact) mass is 291 g/mol. The summed E-state index contributed by atoms with van der Waals surface area (Å²) in [5, 5.41) is 3.14. The molecule has 1 aromatic carbocycles. The molecule has 1 N–H and O–H groups in total. The molecule has 0 unspecified atom stereocenters. The number of rotatable bonds is 6. The fourth-order valence-electron chi connectivity index (χ4n) is 1.78. The lowest BCUT2D eigenvalue weighted by Crippen LogP contribution is -2.06. The van der Waals surface area contributed by atoms with Crippen LogP contribution in [0.4, 0.5) is 10.2 Å². The topological polar surface area (TPSA) is 56.3 Å². The van der Waals surface area contributed by atoms with Gasteiger partial charge in [-0.1, -0.05) is 6.92 Å². The number of aryl methyl sites for hydroxylation is 1. The van der Waals surface area contributed by atoms with E-state index in [1.165, 1.54) is 19.5 Å². The van der Waals surface area contributed by atoms with Crippen LogP contribution < -0.4 is 14.8 Å². The van der Waals surface area contributed by atoms with Crippen LogP contribution in [0.25, 0.3) is 0 Å². The van der Waals surface area contributed by atoms with Crippen LogP contribution in [0.3, 0.4) is 0 Å². The normalized spacial score (nSPS) is 10.3. The van der Waals surface area contributed by atoms with Crippen molar-refractivity contribution >= 4 is 5.82 Å². The molecular formula is C15H18FN3O2. The molecule has 0 bridgehead atoms. The van der Waals surface area contributed by atoms with Crippen molar-refractivity contribution in [2.45, 2.75) is 20.3 Å². The molecule has 0 amide bonds. The lowest BCUT2D eigenvalue weighted by Gasteiger charge is -2.13. The van der Waals surface area contributed by atoms with Crippen molar-refractivity contribution in [1.82, 2.24) is 9.97 Å². The highest BCUT2D eigenvalue weighted by atomic mass is 19.1. The highest BCUT2D eigenvalue weighted by molar-refractivity contribution is 5.55. The Bertz CT molecular complexity index is 620. The summed E-state index contributed by atoms with van der Waals surface area (Å²) in [6, 6.07) is 4.51. The van der Waals surface area contributed by atoms with E-state index in [2.05, 4.69) is 22.2 Å². The van der Waals surface area contributed by atoms with Gasteiger partial charge in [-0.25, -0.2) is 9.37 Å². The van der Waals surface area contributed by atoms with Crippen molar-refractivity contribution in [3.63, 3.8) is 0 Å². The van der Waals surface area contributed by atoms with Gasteiger partial charge in [0.25, 0.3) is 5.88 Å². The molecule has 112 valence electrons. The van der Waals surface area contributed by atoms with Gasteiger partial charge in [-0.15, -0.1) is 0 Å². The largest absolute Gasteiger partial charge is 0.489 e. The molecule has 0 fully saturated rings. The molecule has 0 aliphatic rings. The standard InChI is InChI=1S/C15H18FN3O2/c1-4-7-17-14-13(20-3)15(19-9-18-14)21-11-5-6-12(16)10(2)8-11/h5-6,8-9H,4,7H2,1-3H3,(H,17,18,19). The third-order valence-corrected chi connectivity index (χ3v) is 2.86. The number of halogens is 1. The van der Waals surface area contributed by atoms with Gasteiger partial charge in [-0.2, -0.15) is 4.98 Å². The van der Waals surface area contributed by atoms with Crippen molar-refractivity contribution in [2.24, 2.45) is 0 Å². The number of anilines is 1. The number of ether oxygens (including phenoxy) is 2. The van der Waals surface area contributed by atoms with Gasteiger partial charge in [0.15, 0.2) is 5.82 Å². The van der Waals surface area contributed by atoms with Crippen LogP contribution in [0.15, 0.2) is 24.5 Å². The first kappa shape index (κ1) is 15.0. The zero-order valence-corrected chi connectivity index (χ0v) is 12.3. The molecule has 0 aliphatic carbocycles. The molecule has 0 atom stereocenters. The molecule has 1 heterocycles. The second-order valence-electron chi connectivity index (χ2n) is 4.50. The third-order valence-electron chi connectivity index (χ3n) is 2.86. The van der Waals surface area contributed by atoms with Gasteiger partial charge in [0.2, 0.25) is 5.75 Å². The van der Waals surface area contributed by atoms with Crippen LogP contribution >= 0.6 is 0 Å². The Balaban J connectivity index is 2.28. The smallest absolute Gasteiger partial charge is 0.268 e. The van der Waals surface area contributed by atoms with E-state index in [4.69, 9.17) is 9.47 Å². The lowest BCUT2D eigenvalue weighted by molar-refractivity contribution is 0.368. The van der Waals surface area contributed by atoms with E-state index in [1.54, 1.807) is 19.1 Å². The Hall–Kier alpha value is -2.37. The predicted octanol–water partition coefficient (Wildman–Crippen LogP) is 3.55. The van der Waals surface area contributed by atoms with Gasteiger partial charge < -0.3 is 14.8 Å². The maximum Gasteiger partial charge on any atom is 0.268 e. The highest BCUT2D eigenvalue weighted by Crippen LogP contribution is 2.34. The van der Waals surface area contributed by atoms with E-state index in [1.807, 2.05) is 0 Å². The van der Waals surface area contributed by atoms with Crippen molar-refractivity contribution < 1.29 is 13.9 Å². The number of methoxy groups -OCH3 is 1. The average molecular weight is 291 g/mol. The molecule has 0 aliphatic heterocycles. The molecule has 0 radical (unpaired) electrons. The first-order valence-electron chi connectivity index (χ1n) is 6.72. The second kappa shape index (κ2) is 6.88. The molecule has 2 aromatic rings. The molecule has 0 saturated carbocycles. The second-order valence-corrected chi connectivity index (χ2v) is 4.50. The number of nitrogens with one attached hydrogen (secondary N) is 1. The van der Waals surface area contributed by atoms with Crippen LogP contribution in [-0.4, -0.2) is 23.6 Å². The van der Waals surface area contributed by atoms with Crippen LogP contribution in [-0.2, 0) is 0 Å². The van der Waals surface area contributed by atoms with Crippen molar-refractivity contribution in [3.05, 3.63) is 35.9 Å². The van der Waals surface area contributed by atoms with E-state index in [-0.39, 0.29) is 11.7 Å². The minimum Gasteiger partial charge on any atom is -0.489 e. The fourth-order valence-corrected chi connectivity index (χ4v) is 1.78. The van der Waals surface area contributed by atoms with Gasteiger partial charge in [-0.05, 0) is 37.1 Å². The summed E-state index contributed by atoms with van der Waals surface area (Å²) in [5.41, 5.74) is 0.504. The minimum absolute atomic E-state index is 0.276. The Morgan fingerprint density at radius 3 is 2.76 bits per heavy atom. The summed E-state index contributed by atoms with van der Waals surface area (Å²) in [5.74, 6) is 1.50. The summed E-state index contributed by atoms with van der Waals surface area (Å²) in [6.45, 7) is 4.50. The molecule has 1 aromatic heterocycles. The number of hydrogen-bond donors (Lipinski definition) is 1. The van der Waals surface area contributed by atoms with Crippen molar-refractivity contribution in [1.29, 1.82) is 0 Å². The summed E-state index contributed by atoms with van der Waals surface area (Å²) in [6.07, 6.45) is 2.35. The van der Waals surface area contributed by atoms with Crippen molar-refractivity contribution in [2.75, 3.05) is 19.0 Å². The molecular weight excluding hydrogens is 273 g/mol. The maximum absolute atomic E-state index is 13.3.